The molecule has 0 saturated carbocycles. The second-order valence-corrected chi connectivity index (χ2v) is 6.45. The van der Waals surface area contributed by atoms with Crippen molar-refractivity contribution in [3.05, 3.63) is 53.9 Å². The topological polar surface area (TPSA) is 71.9 Å². The standard InChI is InChI=1S/C20H24N2O4/c1-25-16-5-6-17(18(12-16)26-2)19(15-4-3-9-21-13-15)22-10-7-14(8-11-22)20(23)24/h3-6,9,12-14,19H,7-8,10-11H2,1-2H3,(H,23,24). The maximum Gasteiger partial charge on any atom is 0.306 e. The Morgan fingerprint density at radius 1 is 1.23 bits per heavy atom. The van der Waals surface area contributed by atoms with Crippen molar-refractivity contribution < 1.29 is 19.4 Å². The van der Waals surface area contributed by atoms with E-state index in [9.17, 15) is 9.90 Å². The molecule has 1 aliphatic heterocycles. The predicted molar refractivity (Wildman–Crippen MR) is 97.6 cm³/mol. The Labute approximate surface area is 153 Å². The summed E-state index contributed by atoms with van der Waals surface area (Å²) in [6, 6.07) is 9.73. The Bertz CT molecular complexity index is 743. The van der Waals surface area contributed by atoms with Crippen LogP contribution >= 0.6 is 0 Å². The van der Waals surface area contributed by atoms with Gasteiger partial charge in [0.1, 0.15) is 11.5 Å². The molecule has 1 saturated heterocycles. The molecule has 1 aromatic carbocycles. The molecule has 6 heteroatoms. The summed E-state index contributed by atoms with van der Waals surface area (Å²) in [6.45, 7) is 1.43. The minimum atomic E-state index is -0.704. The summed E-state index contributed by atoms with van der Waals surface area (Å²) in [5.41, 5.74) is 2.08. The van der Waals surface area contributed by atoms with Crippen molar-refractivity contribution in [3.63, 3.8) is 0 Å². The van der Waals surface area contributed by atoms with Gasteiger partial charge in [0.05, 0.1) is 26.2 Å². The van der Waals surface area contributed by atoms with E-state index in [1.807, 2.05) is 36.5 Å². The molecule has 26 heavy (non-hydrogen) atoms. The summed E-state index contributed by atoms with van der Waals surface area (Å²) in [5.74, 6) is 0.516. The van der Waals surface area contributed by atoms with Gasteiger partial charge in [-0.2, -0.15) is 0 Å². The van der Waals surface area contributed by atoms with Gasteiger partial charge in [0.25, 0.3) is 0 Å². The number of aliphatic carboxylic acids is 1. The third-order valence-electron chi connectivity index (χ3n) is 4.98. The summed E-state index contributed by atoms with van der Waals surface area (Å²) in [7, 11) is 3.28. The largest absolute Gasteiger partial charge is 0.497 e. The van der Waals surface area contributed by atoms with Crippen LogP contribution in [-0.2, 0) is 4.79 Å². The van der Waals surface area contributed by atoms with E-state index >= 15 is 0 Å². The number of carboxylic acids is 1. The van der Waals surface area contributed by atoms with Crippen molar-refractivity contribution in [1.29, 1.82) is 0 Å². The third kappa shape index (κ3) is 3.80. The number of benzene rings is 1. The zero-order chi connectivity index (χ0) is 18.5. The lowest BCUT2D eigenvalue weighted by molar-refractivity contribution is -0.143. The van der Waals surface area contributed by atoms with E-state index in [4.69, 9.17) is 9.47 Å². The van der Waals surface area contributed by atoms with Gasteiger partial charge in [0.2, 0.25) is 0 Å². The van der Waals surface area contributed by atoms with Gasteiger partial charge < -0.3 is 14.6 Å². The van der Waals surface area contributed by atoms with Gasteiger partial charge in [0, 0.05) is 24.0 Å². The number of hydrogen-bond donors (Lipinski definition) is 1. The molecule has 0 bridgehead atoms. The van der Waals surface area contributed by atoms with Crippen molar-refractivity contribution in [1.82, 2.24) is 9.88 Å². The van der Waals surface area contributed by atoms with E-state index in [1.165, 1.54) is 0 Å². The zero-order valence-corrected chi connectivity index (χ0v) is 15.1. The molecule has 1 aromatic heterocycles. The third-order valence-corrected chi connectivity index (χ3v) is 4.98. The molecule has 0 aliphatic carbocycles. The van der Waals surface area contributed by atoms with Crippen molar-refractivity contribution in [2.45, 2.75) is 18.9 Å². The summed E-state index contributed by atoms with van der Waals surface area (Å²) in [5, 5.41) is 9.27. The van der Waals surface area contributed by atoms with Crippen LogP contribution in [0.2, 0.25) is 0 Å². The SMILES string of the molecule is COc1ccc(C(c2cccnc2)N2CCC(C(=O)O)CC2)c(OC)c1. The number of rotatable bonds is 6. The molecule has 1 fully saturated rings. The highest BCUT2D eigenvalue weighted by Crippen LogP contribution is 2.38. The smallest absolute Gasteiger partial charge is 0.306 e. The summed E-state index contributed by atoms with van der Waals surface area (Å²) in [6.07, 6.45) is 4.90. The summed E-state index contributed by atoms with van der Waals surface area (Å²) < 4.78 is 10.9. The molecule has 1 unspecified atom stereocenters. The number of piperidine rings is 1. The Balaban J connectivity index is 1.97. The van der Waals surface area contributed by atoms with Crippen LogP contribution in [0, 0.1) is 5.92 Å². The van der Waals surface area contributed by atoms with Crippen molar-refractivity contribution >= 4 is 5.97 Å². The first kappa shape index (κ1) is 18.2. The van der Waals surface area contributed by atoms with E-state index in [0.717, 1.165) is 22.6 Å². The van der Waals surface area contributed by atoms with E-state index in [0.29, 0.717) is 25.9 Å². The van der Waals surface area contributed by atoms with Crippen LogP contribution < -0.4 is 9.47 Å². The van der Waals surface area contributed by atoms with Gasteiger partial charge in [-0.25, -0.2) is 0 Å². The second kappa shape index (κ2) is 8.19. The molecule has 0 amide bonds. The molecule has 1 atom stereocenters. The molecule has 2 aromatic rings. The van der Waals surface area contributed by atoms with Crippen LogP contribution in [0.15, 0.2) is 42.7 Å². The lowest BCUT2D eigenvalue weighted by atomic mass is 9.91. The van der Waals surface area contributed by atoms with Crippen LogP contribution in [-0.4, -0.2) is 48.3 Å². The number of carbonyl (C=O) groups is 1. The zero-order valence-electron chi connectivity index (χ0n) is 15.1. The molecule has 6 nitrogen and oxygen atoms in total. The molecular weight excluding hydrogens is 332 g/mol. The number of pyridine rings is 1. The minimum Gasteiger partial charge on any atom is -0.497 e. The van der Waals surface area contributed by atoms with Gasteiger partial charge in [-0.15, -0.1) is 0 Å². The van der Waals surface area contributed by atoms with Crippen LogP contribution in [0.3, 0.4) is 0 Å². The van der Waals surface area contributed by atoms with E-state index < -0.39 is 5.97 Å². The number of nitrogens with zero attached hydrogens (tertiary/aromatic N) is 2. The fraction of sp³-hybridized carbons (Fsp3) is 0.400. The maximum absolute atomic E-state index is 11.3. The average Bonchev–Trinajstić information content (AvgIpc) is 2.69. The Morgan fingerprint density at radius 3 is 2.58 bits per heavy atom. The molecule has 0 radical (unpaired) electrons. The Morgan fingerprint density at radius 2 is 2.00 bits per heavy atom. The lowest BCUT2D eigenvalue weighted by Gasteiger charge is -2.37. The van der Waals surface area contributed by atoms with E-state index in [1.54, 1.807) is 20.4 Å². The van der Waals surface area contributed by atoms with E-state index in [-0.39, 0.29) is 12.0 Å². The number of ether oxygens (including phenoxy) is 2. The maximum atomic E-state index is 11.3. The van der Waals surface area contributed by atoms with Gasteiger partial charge in [0.15, 0.2) is 0 Å². The van der Waals surface area contributed by atoms with Gasteiger partial charge in [-0.05, 0) is 49.7 Å². The second-order valence-electron chi connectivity index (χ2n) is 6.45. The number of aromatic nitrogens is 1. The van der Waals surface area contributed by atoms with Crippen LogP contribution in [0.5, 0.6) is 11.5 Å². The lowest BCUT2D eigenvalue weighted by Crippen LogP contribution is -2.39. The van der Waals surface area contributed by atoms with Gasteiger partial charge >= 0.3 is 5.97 Å². The first-order chi connectivity index (χ1) is 12.6. The highest BCUT2D eigenvalue weighted by Gasteiger charge is 2.31. The number of likely N-dealkylation sites (tertiary alicyclic amines) is 1. The molecule has 3 rings (SSSR count). The fourth-order valence-corrected chi connectivity index (χ4v) is 3.57. The first-order valence-corrected chi connectivity index (χ1v) is 8.72. The summed E-state index contributed by atoms with van der Waals surface area (Å²) >= 11 is 0. The van der Waals surface area contributed by atoms with Gasteiger partial charge in [-0.1, -0.05) is 6.07 Å². The van der Waals surface area contributed by atoms with Crippen molar-refractivity contribution in [2.24, 2.45) is 5.92 Å². The number of carboxylic acid groups (broad SMARTS) is 1. The summed E-state index contributed by atoms with van der Waals surface area (Å²) in [4.78, 5) is 17.9. The predicted octanol–water partition coefficient (Wildman–Crippen LogP) is 2.98. The number of methoxy groups -OCH3 is 2. The molecule has 1 N–H and O–H groups in total. The molecule has 0 spiro atoms. The monoisotopic (exact) mass is 356 g/mol. The van der Waals surface area contributed by atoms with Gasteiger partial charge in [-0.3, -0.25) is 14.7 Å². The Kier molecular flexibility index (Phi) is 5.73. The molecule has 2 heterocycles. The van der Waals surface area contributed by atoms with E-state index in [2.05, 4.69) is 9.88 Å². The van der Waals surface area contributed by atoms with Crippen LogP contribution in [0.25, 0.3) is 0 Å². The van der Waals surface area contributed by atoms with Crippen LogP contribution in [0.1, 0.15) is 30.0 Å². The highest BCUT2D eigenvalue weighted by atomic mass is 16.5. The average molecular weight is 356 g/mol. The fourth-order valence-electron chi connectivity index (χ4n) is 3.57. The number of hydrogen-bond acceptors (Lipinski definition) is 5. The van der Waals surface area contributed by atoms with Crippen molar-refractivity contribution in [3.8, 4) is 11.5 Å². The molecule has 1 aliphatic rings. The highest BCUT2D eigenvalue weighted by molar-refractivity contribution is 5.70. The Hall–Kier alpha value is -2.60. The quantitative estimate of drug-likeness (QED) is 0.858. The minimum absolute atomic E-state index is 0.0423. The van der Waals surface area contributed by atoms with Crippen molar-refractivity contribution in [2.75, 3.05) is 27.3 Å². The van der Waals surface area contributed by atoms with Crippen LogP contribution in [0.4, 0.5) is 0 Å². The molecule has 138 valence electrons. The molecular formula is C20H24N2O4. The first-order valence-electron chi connectivity index (χ1n) is 8.72. The normalized spacial score (nSPS) is 16.8.